The predicted molar refractivity (Wildman–Crippen MR) is 91.1 cm³/mol. The molecule has 1 heterocycles. The molecule has 1 aliphatic rings. The van der Waals surface area contributed by atoms with Crippen molar-refractivity contribution in [3.8, 4) is 5.75 Å². The number of carbonyl (C=O) groups is 1. The molecule has 1 aliphatic heterocycles. The van der Waals surface area contributed by atoms with Gasteiger partial charge in [0.25, 0.3) is 0 Å². The Labute approximate surface area is 150 Å². The lowest BCUT2D eigenvalue weighted by atomic mass is 9.75. The molecule has 4 atom stereocenters. The molecule has 0 amide bonds. The summed E-state index contributed by atoms with van der Waals surface area (Å²) in [5, 5.41) is 9.70. The zero-order chi connectivity index (χ0) is 19.1. The topological polar surface area (TPSA) is 55.8 Å². The number of hydrogen-bond donors (Lipinski definition) is 1. The van der Waals surface area contributed by atoms with Gasteiger partial charge in [0.2, 0.25) is 5.82 Å². The van der Waals surface area contributed by atoms with E-state index in [1.807, 2.05) is 44.2 Å². The molecule has 1 N–H and O–H groups in total. The average Bonchev–Trinajstić information content (AvgIpc) is 2.91. The van der Waals surface area contributed by atoms with E-state index in [-0.39, 0.29) is 17.2 Å². The Balaban J connectivity index is 2.15. The molecule has 0 aliphatic carbocycles. The van der Waals surface area contributed by atoms with Crippen molar-refractivity contribution in [1.82, 2.24) is 0 Å². The Bertz CT molecular complexity index is 824. The van der Waals surface area contributed by atoms with Crippen molar-refractivity contribution in [2.45, 2.75) is 31.5 Å². The number of rotatable bonds is 4. The third kappa shape index (κ3) is 2.74. The van der Waals surface area contributed by atoms with E-state index in [1.54, 1.807) is 0 Å². The largest absolute Gasteiger partial charge is 0.493 e. The average molecular weight is 362 g/mol. The third-order valence-electron chi connectivity index (χ3n) is 5.34. The normalized spacial score (nSPS) is 28.1. The lowest BCUT2D eigenvalue weighted by Gasteiger charge is -2.30. The van der Waals surface area contributed by atoms with Crippen LogP contribution in [0.25, 0.3) is 0 Å². The maximum Gasteiger partial charge on any atom is 0.333 e. The lowest BCUT2D eigenvalue weighted by Crippen LogP contribution is -2.29. The number of carboxylic acids is 1. The summed E-state index contributed by atoms with van der Waals surface area (Å²) in [4.78, 5) is 11.9. The Morgan fingerprint density at radius 2 is 1.85 bits per heavy atom. The van der Waals surface area contributed by atoms with Gasteiger partial charge in [-0.2, -0.15) is 4.39 Å². The predicted octanol–water partition coefficient (Wildman–Crippen LogP) is 4.09. The summed E-state index contributed by atoms with van der Waals surface area (Å²) in [5.74, 6) is -4.65. The molecule has 4 nitrogen and oxygen atoms in total. The van der Waals surface area contributed by atoms with Crippen LogP contribution in [0.4, 0.5) is 8.78 Å². The van der Waals surface area contributed by atoms with Gasteiger partial charge < -0.3 is 14.6 Å². The number of aliphatic carboxylic acids is 1. The van der Waals surface area contributed by atoms with E-state index in [1.165, 1.54) is 13.2 Å². The van der Waals surface area contributed by atoms with Gasteiger partial charge in [-0.05, 0) is 24.5 Å². The summed E-state index contributed by atoms with van der Waals surface area (Å²) in [6.45, 7) is 3.66. The number of ether oxygens (including phenoxy) is 2. The first-order chi connectivity index (χ1) is 12.3. The number of carboxylic acid groups (broad SMARTS) is 1. The minimum absolute atomic E-state index is 0.283. The van der Waals surface area contributed by atoms with Crippen LogP contribution < -0.4 is 4.74 Å². The lowest BCUT2D eigenvalue weighted by molar-refractivity contribution is -0.155. The van der Waals surface area contributed by atoms with E-state index < -0.39 is 35.2 Å². The van der Waals surface area contributed by atoms with E-state index in [2.05, 4.69) is 0 Å². The van der Waals surface area contributed by atoms with Crippen molar-refractivity contribution in [2.24, 2.45) is 5.92 Å². The van der Waals surface area contributed by atoms with Crippen LogP contribution in [0.15, 0.2) is 42.5 Å². The van der Waals surface area contributed by atoms with Gasteiger partial charge in [0.05, 0.1) is 12.7 Å². The van der Waals surface area contributed by atoms with E-state index in [4.69, 9.17) is 9.47 Å². The highest BCUT2D eigenvalue weighted by atomic mass is 19.2. The molecule has 0 bridgehead atoms. The summed E-state index contributed by atoms with van der Waals surface area (Å²) in [6.07, 6.45) is -1.21. The molecule has 0 saturated carbocycles. The van der Waals surface area contributed by atoms with Crippen LogP contribution in [-0.2, 0) is 15.1 Å². The van der Waals surface area contributed by atoms with Crippen LogP contribution in [0.3, 0.4) is 0 Å². The van der Waals surface area contributed by atoms with Crippen molar-refractivity contribution in [3.05, 3.63) is 65.2 Å². The van der Waals surface area contributed by atoms with Gasteiger partial charge in [-0.3, -0.25) is 0 Å². The van der Waals surface area contributed by atoms with Gasteiger partial charge in [-0.25, -0.2) is 9.18 Å². The maximum absolute atomic E-state index is 14.2. The molecule has 4 unspecified atom stereocenters. The van der Waals surface area contributed by atoms with Crippen molar-refractivity contribution in [1.29, 1.82) is 0 Å². The Kier molecular flexibility index (Phi) is 4.71. The first-order valence-corrected chi connectivity index (χ1v) is 8.29. The van der Waals surface area contributed by atoms with Crippen LogP contribution in [-0.4, -0.2) is 24.3 Å². The zero-order valence-corrected chi connectivity index (χ0v) is 14.7. The first-order valence-electron chi connectivity index (χ1n) is 8.29. The molecular formula is C20H20F2O4. The molecule has 1 fully saturated rings. The second-order valence-electron chi connectivity index (χ2n) is 6.65. The Morgan fingerprint density at radius 3 is 2.42 bits per heavy atom. The van der Waals surface area contributed by atoms with Gasteiger partial charge in [0.1, 0.15) is 0 Å². The molecular weight excluding hydrogens is 342 g/mol. The third-order valence-corrected chi connectivity index (χ3v) is 5.34. The Hall–Kier alpha value is -2.47. The number of benzene rings is 2. The van der Waals surface area contributed by atoms with E-state index in [0.29, 0.717) is 0 Å². The molecule has 0 radical (unpaired) electrons. The summed E-state index contributed by atoms with van der Waals surface area (Å²) in [6, 6.07) is 11.6. The van der Waals surface area contributed by atoms with Crippen LogP contribution >= 0.6 is 0 Å². The minimum atomic E-state index is -1.21. The highest BCUT2D eigenvalue weighted by Gasteiger charge is 2.54. The highest BCUT2D eigenvalue weighted by molar-refractivity contribution is 5.75. The van der Waals surface area contributed by atoms with Gasteiger partial charge in [-0.1, -0.05) is 43.3 Å². The summed E-state index contributed by atoms with van der Waals surface area (Å²) < 4.78 is 38.8. The van der Waals surface area contributed by atoms with E-state index in [9.17, 15) is 18.7 Å². The van der Waals surface area contributed by atoms with Crippen LogP contribution in [0.2, 0.25) is 0 Å². The first kappa shape index (κ1) is 18.3. The zero-order valence-electron chi connectivity index (χ0n) is 14.7. The minimum Gasteiger partial charge on any atom is -0.493 e. The molecule has 3 rings (SSSR count). The Morgan fingerprint density at radius 1 is 1.19 bits per heavy atom. The molecule has 138 valence electrons. The molecule has 2 aromatic carbocycles. The van der Waals surface area contributed by atoms with Crippen molar-refractivity contribution < 1.29 is 28.2 Å². The summed E-state index contributed by atoms with van der Waals surface area (Å²) in [7, 11) is 1.23. The molecule has 0 spiro atoms. The smallest absolute Gasteiger partial charge is 0.333 e. The fourth-order valence-corrected chi connectivity index (χ4v) is 3.80. The number of halogens is 2. The summed E-state index contributed by atoms with van der Waals surface area (Å²) >= 11 is 0. The van der Waals surface area contributed by atoms with Gasteiger partial charge in [0.15, 0.2) is 17.7 Å². The van der Waals surface area contributed by atoms with Crippen LogP contribution in [0.1, 0.15) is 30.9 Å². The van der Waals surface area contributed by atoms with E-state index >= 15 is 0 Å². The van der Waals surface area contributed by atoms with Gasteiger partial charge >= 0.3 is 5.97 Å². The molecule has 26 heavy (non-hydrogen) atoms. The SMILES string of the molecule is COc1c(C2C(C(=O)O)OC(C)(c3ccccc3)C2C)ccc(F)c1F. The molecule has 2 aromatic rings. The fraction of sp³-hybridized carbons (Fsp3) is 0.350. The van der Waals surface area contributed by atoms with Crippen LogP contribution in [0.5, 0.6) is 5.75 Å². The monoisotopic (exact) mass is 362 g/mol. The second-order valence-corrected chi connectivity index (χ2v) is 6.65. The fourth-order valence-electron chi connectivity index (χ4n) is 3.80. The number of hydrogen-bond acceptors (Lipinski definition) is 3. The highest BCUT2D eigenvalue weighted by Crippen LogP contribution is 2.53. The molecule has 1 saturated heterocycles. The summed E-state index contributed by atoms with van der Waals surface area (Å²) in [5.41, 5.74) is 0.207. The van der Waals surface area contributed by atoms with Crippen LogP contribution in [0, 0.1) is 17.6 Å². The molecule has 6 heteroatoms. The quantitative estimate of drug-likeness (QED) is 0.890. The van der Waals surface area contributed by atoms with E-state index in [0.717, 1.165) is 11.6 Å². The van der Waals surface area contributed by atoms with Crippen molar-refractivity contribution in [2.75, 3.05) is 7.11 Å². The van der Waals surface area contributed by atoms with Crippen molar-refractivity contribution in [3.63, 3.8) is 0 Å². The second kappa shape index (κ2) is 6.68. The van der Waals surface area contributed by atoms with Gasteiger partial charge in [-0.15, -0.1) is 0 Å². The molecule has 0 aromatic heterocycles. The standard InChI is InChI=1S/C20H20F2O4/c1-11-15(13-9-10-14(21)16(22)17(13)25-3)18(19(23)24)26-20(11,2)12-7-5-4-6-8-12/h4-11,15,18H,1-3H3,(H,23,24). The van der Waals surface area contributed by atoms with Crippen molar-refractivity contribution >= 4 is 5.97 Å². The van der Waals surface area contributed by atoms with Gasteiger partial charge in [0, 0.05) is 11.5 Å². The number of methoxy groups -OCH3 is 1. The maximum atomic E-state index is 14.2.